The summed E-state index contributed by atoms with van der Waals surface area (Å²) in [5, 5.41) is 7.22. The molecular weight excluding hydrogens is 447 g/mol. The number of halogens is 3. The minimum absolute atomic E-state index is 0.229. The zero-order chi connectivity index (χ0) is 23.3. The van der Waals surface area contributed by atoms with Gasteiger partial charge in [-0.3, -0.25) is 15.4 Å². The molecule has 1 atom stereocenters. The van der Waals surface area contributed by atoms with Crippen molar-refractivity contribution in [1.82, 2.24) is 15.3 Å². The summed E-state index contributed by atoms with van der Waals surface area (Å²) in [5.41, 5.74) is 0.548. The van der Waals surface area contributed by atoms with Crippen molar-refractivity contribution in [1.29, 1.82) is 0 Å². The summed E-state index contributed by atoms with van der Waals surface area (Å²) in [5.74, 6) is -3.75. The van der Waals surface area contributed by atoms with E-state index < -0.39 is 45.9 Å². The zero-order valence-electron chi connectivity index (χ0n) is 16.7. The van der Waals surface area contributed by atoms with E-state index in [9.17, 15) is 27.3 Å². The largest absolute Gasteiger partial charge is 0.616 e. The summed E-state index contributed by atoms with van der Waals surface area (Å²) in [6.07, 6.45) is 2.94. The van der Waals surface area contributed by atoms with E-state index in [0.717, 1.165) is 5.56 Å². The molecule has 0 aliphatic rings. The fourth-order valence-corrected chi connectivity index (χ4v) is 3.08. The number of H-pyrrole nitrogens is 1. The van der Waals surface area contributed by atoms with Crippen LogP contribution in [0.2, 0.25) is 0 Å². The van der Waals surface area contributed by atoms with E-state index in [1.54, 1.807) is 30.5 Å². The van der Waals surface area contributed by atoms with Crippen LogP contribution in [-0.4, -0.2) is 32.7 Å². The second-order valence-corrected chi connectivity index (χ2v) is 8.07. The highest BCUT2D eigenvalue weighted by atomic mass is 32.2. The van der Waals surface area contributed by atoms with Gasteiger partial charge in [0, 0.05) is 24.9 Å². The Kier molecular flexibility index (Phi) is 7.51. The highest BCUT2D eigenvalue weighted by molar-refractivity contribution is 7.90. The molecule has 3 aromatic rings. The van der Waals surface area contributed by atoms with Gasteiger partial charge >= 0.3 is 6.03 Å². The summed E-state index contributed by atoms with van der Waals surface area (Å²) in [6.45, 7) is 0.519. The van der Waals surface area contributed by atoms with Gasteiger partial charge < -0.3 is 14.9 Å². The number of carbonyl (C=O) groups excluding carboxylic acids is 1. The predicted octanol–water partition coefficient (Wildman–Crippen LogP) is 2.92. The number of amides is 2. The molecule has 32 heavy (non-hydrogen) atoms. The molecule has 0 bridgehead atoms. The first-order valence-corrected chi connectivity index (χ1v) is 10.9. The summed E-state index contributed by atoms with van der Waals surface area (Å²) < 4.78 is 50.9. The predicted molar refractivity (Wildman–Crippen MR) is 115 cm³/mol. The Morgan fingerprint density at radius 3 is 2.44 bits per heavy atom. The lowest BCUT2D eigenvalue weighted by atomic mass is 10.1. The van der Waals surface area contributed by atoms with Gasteiger partial charge in [-0.2, -0.15) is 4.98 Å². The first kappa shape index (κ1) is 23.3. The van der Waals surface area contributed by atoms with E-state index in [2.05, 4.69) is 20.6 Å². The lowest BCUT2D eigenvalue weighted by molar-refractivity contribution is 0.262. The summed E-state index contributed by atoms with van der Waals surface area (Å²) in [6, 6.07) is 6.81. The van der Waals surface area contributed by atoms with E-state index in [4.69, 9.17) is 0 Å². The smallest absolute Gasteiger partial charge is 0.326 e. The SMILES string of the molecule is C[S+]([O-])CNCc1ccc(-c2c[nH]c(NC(=O)Nc3cc(F)c(F)cc3F)nc2=O)cc1. The van der Waals surface area contributed by atoms with Crippen molar-refractivity contribution in [3.05, 3.63) is 76.0 Å². The van der Waals surface area contributed by atoms with Crippen molar-refractivity contribution in [3.63, 3.8) is 0 Å². The van der Waals surface area contributed by atoms with Crippen LogP contribution in [0.5, 0.6) is 0 Å². The molecule has 0 saturated heterocycles. The monoisotopic (exact) mass is 465 g/mol. The van der Waals surface area contributed by atoms with Gasteiger partial charge in [-0.15, -0.1) is 0 Å². The van der Waals surface area contributed by atoms with Gasteiger partial charge in [0.2, 0.25) is 5.95 Å². The Labute approximate surface area is 183 Å². The fraction of sp³-hybridized carbons (Fsp3) is 0.150. The third-order valence-electron chi connectivity index (χ3n) is 4.19. The van der Waals surface area contributed by atoms with Crippen molar-refractivity contribution >= 4 is 28.8 Å². The maximum atomic E-state index is 13.6. The number of aromatic amines is 1. The molecule has 2 aromatic carbocycles. The molecule has 168 valence electrons. The number of benzene rings is 2. The summed E-state index contributed by atoms with van der Waals surface area (Å²) >= 11 is -0.948. The molecule has 0 saturated carbocycles. The van der Waals surface area contributed by atoms with Gasteiger partial charge in [0.15, 0.2) is 17.5 Å². The van der Waals surface area contributed by atoms with Crippen LogP contribution in [-0.2, 0) is 17.7 Å². The Hall–Kier alpha value is -3.35. The number of carbonyl (C=O) groups is 1. The molecular formula is C20H18F3N5O3S. The number of aromatic nitrogens is 2. The van der Waals surface area contributed by atoms with Crippen molar-refractivity contribution in [2.45, 2.75) is 6.54 Å². The van der Waals surface area contributed by atoms with E-state index in [-0.39, 0.29) is 11.5 Å². The third-order valence-corrected chi connectivity index (χ3v) is 4.80. The fourth-order valence-electron chi connectivity index (χ4n) is 2.69. The van der Waals surface area contributed by atoms with Crippen LogP contribution >= 0.6 is 0 Å². The number of anilines is 2. The number of urea groups is 1. The highest BCUT2D eigenvalue weighted by Gasteiger charge is 2.14. The standard InChI is InChI=1S/C20H18F3N5O3S/c1-32(31)10-24-8-11-2-4-12(5-3-11)13-9-25-19(27-18(13)29)28-20(30)26-17-7-15(22)14(21)6-16(17)23/h2-7,9,24H,8,10H2,1H3,(H3,25,26,27,28,29,30). The highest BCUT2D eigenvalue weighted by Crippen LogP contribution is 2.19. The first-order chi connectivity index (χ1) is 15.2. The summed E-state index contributed by atoms with van der Waals surface area (Å²) in [4.78, 5) is 30.7. The third kappa shape index (κ3) is 6.09. The molecule has 0 radical (unpaired) electrons. The second-order valence-electron chi connectivity index (χ2n) is 6.63. The number of nitrogens with one attached hydrogen (secondary N) is 4. The van der Waals surface area contributed by atoms with E-state index >= 15 is 0 Å². The van der Waals surface area contributed by atoms with Gasteiger partial charge in [0.25, 0.3) is 5.56 Å². The van der Waals surface area contributed by atoms with Crippen LogP contribution < -0.4 is 21.5 Å². The molecule has 3 rings (SSSR count). The minimum Gasteiger partial charge on any atom is -0.616 e. The minimum atomic E-state index is -1.39. The number of hydrogen-bond donors (Lipinski definition) is 4. The van der Waals surface area contributed by atoms with Crippen molar-refractivity contribution in [2.75, 3.05) is 22.8 Å². The van der Waals surface area contributed by atoms with Crippen LogP contribution in [0.1, 0.15) is 5.56 Å². The van der Waals surface area contributed by atoms with E-state index in [1.807, 2.05) is 5.32 Å². The number of nitrogens with zero attached hydrogens (tertiary/aromatic N) is 1. The quantitative estimate of drug-likeness (QED) is 0.316. The van der Waals surface area contributed by atoms with Crippen molar-refractivity contribution in [2.24, 2.45) is 0 Å². The topological polar surface area (TPSA) is 122 Å². The van der Waals surface area contributed by atoms with Crippen molar-refractivity contribution < 1.29 is 22.5 Å². The molecule has 2 amide bonds. The number of hydrogen-bond acceptors (Lipinski definition) is 5. The van der Waals surface area contributed by atoms with Crippen LogP contribution in [0.25, 0.3) is 11.1 Å². The average molecular weight is 465 g/mol. The van der Waals surface area contributed by atoms with Crippen LogP contribution in [0.15, 0.2) is 47.4 Å². The normalized spacial score (nSPS) is 11.8. The first-order valence-electron chi connectivity index (χ1n) is 9.15. The van der Waals surface area contributed by atoms with Gasteiger partial charge in [-0.05, 0) is 22.3 Å². The Morgan fingerprint density at radius 2 is 1.78 bits per heavy atom. The number of rotatable bonds is 7. The maximum absolute atomic E-state index is 13.6. The van der Waals surface area contributed by atoms with Gasteiger partial charge in [0.05, 0.1) is 17.5 Å². The molecule has 1 aromatic heterocycles. The maximum Gasteiger partial charge on any atom is 0.326 e. The van der Waals surface area contributed by atoms with Crippen LogP contribution in [0, 0.1) is 17.5 Å². The van der Waals surface area contributed by atoms with Gasteiger partial charge in [-0.25, -0.2) is 18.0 Å². The Morgan fingerprint density at radius 1 is 1.09 bits per heavy atom. The average Bonchev–Trinajstić information content (AvgIpc) is 2.72. The lowest BCUT2D eigenvalue weighted by Gasteiger charge is -2.09. The van der Waals surface area contributed by atoms with Gasteiger partial charge in [-0.1, -0.05) is 24.3 Å². The molecule has 12 heteroatoms. The Bertz CT molecular complexity index is 1170. The van der Waals surface area contributed by atoms with E-state index in [0.29, 0.717) is 30.1 Å². The van der Waals surface area contributed by atoms with Crippen molar-refractivity contribution in [3.8, 4) is 11.1 Å². The molecule has 1 heterocycles. The summed E-state index contributed by atoms with van der Waals surface area (Å²) in [7, 11) is 0. The molecule has 0 spiro atoms. The van der Waals surface area contributed by atoms with E-state index in [1.165, 1.54) is 6.20 Å². The molecule has 0 aliphatic heterocycles. The van der Waals surface area contributed by atoms with Crippen LogP contribution in [0.3, 0.4) is 0 Å². The lowest BCUT2D eigenvalue weighted by Crippen LogP contribution is -2.24. The van der Waals surface area contributed by atoms with Crippen LogP contribution in [0.4, 0.5) is 29.6 Å². The second kappa shape index (κ2) is 10.3. The zero-order valence-corrected chi connectivity index (χ0v) is 17.5. The molecule has 0 fully saturated rings. The van der Waals surface area contributed by atoms with Gasteiger partial charge in [0.1, 0.15) is 5.82 Å². The molecule has 1 unspecified atom stereocenters. The molecule has 0 aliphatic carbocycles. The Balaban J connectivity index is 1.65. The molecule has 4 N–H and O–H groups in total. The molecule has 8 nitrogen and oxygen atoms in total.